The third-order valence-electron chi connectivity index (χ3n) is 4.91. The van der Waals surface area contributed by atoms with Gasteiger partial charge in [-0.2, -0.15) is 0 Å². The smallest absolute Gasteiger partial charge is 0.237 e. The van der Waals surface area contributed by atoms with Crippen LogP contribution in [0, 0.1) is 0 Å². The second-order valence-corrected chi connectivity index (χ2v) is 6.76. The Morgan fingerprint density at radius 3 is 2.65 bits per heavy atom. The van der Waals surface area contributed by atoms with Gasteiger partial charge in [0.2, 0.25) is 5.88 Å². The maximum Gasteiger partial charge on any atom is 0.237 e. The molecule has 0 fully saturated rings. The highest BCUT2D eigenvalue weighted by molar-refractivity contribution is 6.36. The summed E-state index contributed by atoms with van der Waals surface area (Å²) in [5, 5.41) is 0.685. The standard InChI is InChI=1S/C21H20ClN3O/c1-26-21-18(11-23)24-12-19(25-21)17-10-4-9-16(20(17)22)15-8-3-6-13-5-2-7-14(13)15/h3-4,6,8-10,12H,2,5,7,11,23H2,1H3. The van der Waals surface area contributed by atoms with Gasteiger partial charge < -0.3 is 10.5 Å². The number of benzene rings is 2. The zero-order valence-electron chi connectivity index (χ0n) is 14.6. The normalized spacial score (nSPS) is 12.9. The molecule has 1 aromatic heterocycles. The van der Waals surface area contributed by atoms with E-state index in [0.29, 0.717) is 22.3 Å². The molecule has 0 radical (unpaired) electrons. The molecule has 5 heteroatoms. The van der Waals surface area contributed by atoms with Gasteiger partial charge in [-0.25, -0.2) is 4.98 Å². The first-order valence-corrected chi connectivity index (χ1v) is 9.10. The molecule has 0 amide bonds. The number of aromatic nitrogens is 2. The maximum atomic E-state index is 6.82. The van der Waals surface area contributed by atoms with Gasteiger partial charge in [0.25, 0.3) is 0 Å². The average Bonchev–Trinajstić information content (AvgIpc) is 3.16. The van der Waals surface area contributed by atoms with Gasteiger partial charge in [-0.05, 0) is 36.0 Å². The largest absolute Gasteiger partial charge is 0.480 e. The van der Waals surface area contributed by atoms with Crippen molar-refractivity contribution in [3.05, 3.63) is 64.4 Å². The molecule has 4 nitrogen and oxygen atoms in total. The number of methoxy groups -OCH3 is 1. The second kappa shape index (κ2) is 7.06. The lowest BCUT2D eigenvalue weighted by atomic mass is 9.95. The van der Waals surface area contributed by atoms with Gasteiger partial charge in [0.1, 0.15) is 5.69 Å². The number of nitrogens with zero attached hydrogens (tertiary/aromatic N) is 2. The van der Waals surface area contributed by atoms with Crippen LogP contribution in [0.5, 0.6) is 5.88 Å². The zero-order valence-corrected chi connectivity index (χ0v) is 15.4. The molecular weight excluding hydrogens is 346 g/mol. The van der Waals surface area contributed by atoms with E-state index in [2.05, 4.69) is 34.2 Å². The van der Waals surface area contributed by atoms with Crippen LogP contribution in [0.1, 0.15) is 23.2 Å². The van der Waals surface area contributed by atoms with Gasteiger partial charge in [-0.3, -0.25) is 4.98 Å². The molecule has 0 aliphatic heterocycles. The van der Waals surface area contributed by atoms with Crippen molar-refractivity contribution in [2.45, 2.75) is 25.8 Å². The molecular formula is C21H20ClN3O. The number of hydrogen-bond acceptors (Lipinski definition) is 4. The van der Waals surface area contributed by atoms with E-state index in [1.165, 1.54) is 23.1 Å². The zero-order chi connectivity index (χ0) is 18.1. The Morgan fingerprint density at radius 1 is 1.08 bits per heavy atom. The minimum atomic E-state index is 0.278. The number of hydrogen-bond donors (Lipinski definition) is 1. The van der Waals surface area contributed by atoms with Crippen LogP contribution in [0.15, 0.2) is 42.6 Å². The summed E-state index contributed by atoms with van der Waals surface area (Å²) < 4.78 is 5.32. The van der Waals surface area contributed by atoms with Crippen LogP contribution in [0.25, 0.3) is 22.4 Å². The Labute approximate surface area is 158 Å². The van der Waals surface area contributed by atoms with Crippen molar-refractivity contribution < 1.29 is 4.74 Å². The summed E-state index contributed by atoms with van der Waals surface area (Å²) in [4.78, 5) is 8.93. The van der Waals surface area contributed by atoms with Crippen molar-refractivity contribution in [3.63, 3.8) is 0 Å². The van der Waals surface area contributed by atoms with Crippen molar-refractivity contribution in [1.82, 2.24) is 9.97 Å². The topological polar surface area (TPSA) is 61.0 Å². The molecule has 0 unspecified atom stereocenters. The van der Waals surface area contributed by atoms with E-state index in [9.17, 15) is 0 Å². The molecule has 132 valence electrons. The number of nitrogens with two attached hydrogens (primary N) is 1. The monoisotopic (exact) mass is 365 g/mol. The number of fused-ring (bicyclic) bond motifs is 1. The summed E-state index contributed by atoms with van der Waals surface area (Å²) >= 11 is 6.82. The summed E-state index contributed by atoms with van der Waals surface area (Å²) in [5.74, 6) is 0.437. The Hall–Kier alpha value is -2.43. The fraction of sp³-hybridized carbons (Fsp3) is 0.238. The van der Waals surface area contributed by atoms with Crippen LogP contribution >= 0.6 is 11.6 Å². The van der Waals surface area contributed by atoms with Gasteiger partial charge >= 0.3 is 0 Å². The molecule has 0 saturated carbocycles. The first-order chi connectivity index (χ1) is 12.7. The number of rotatable bonds is 4. The molecule has 0 bridgehead atoms. The van der Waals surface area contributed by atoms with Crippen molar-refractivity contribution in [2.75, 3.05) is 7.11 Å². The van der Waals surface area contributed by atoms with Crippen LogP contribution in [-0.4, -0.2) is 17.1 Å². The number of aryl methyl sites for hydroxylation is 1. The Kier molecular flexibility index (Phi) is 4.62. The van der Waals surface area contributed by atoms with Crippen molar-refractivity contribution in [1.29, 1.82) is 0 Å². The minimum Gasteiger partial charge on any atom is -0.480 e. The molecule has 0 atom stereocenters. The maximum absolute atomic E-state index is 6.82. The van der Waals surface area contributed by atoms with E-state index < -0.39 is 0 Å². The molecule has 26 heavy (non-hydrogen) atoms. The highest BCUT2D eigenvalue weighted by Gasteiger charge is 2.19. The van der Waals surface area contributed by atoms with E-state index >= 15 is 0 Å². The van der Waals surface area contributed by atoms with Crippen LogP contribution in [0.4, 0.5) is 0 Å². The highest BCUT2D eigenvalue weighted by atomic mass is 35.5. The molecule has 3 aromatic rings. The molecule has 4 rings (SSSR count). The molecule has 1 aliphatic carbocycles. The highest BCUT2D eigenvalue weighted by Crippen LogP contribution is 2.40. The quantitative estimate of drug-likeness (QED) is 0.743. The second-order valence-electron chi connectivity index (χ2n) is 6.38. The van der Waals surface area contributed by atoms with Crippen LogP contribution < -0.4 is 10.5 Å². The summed E-state index contributed by atoms with van der Waals surface area (Å²) in [5.41, 5.74) is 12.9. The average molecular weight is 366 g/mol. The van der Waals surface area contributed by atoms with Gasteiger partial charge in [0.05, 0.1) is 24.0 Å². The lowest BCUT2D eigenvalue weighted by Crippen LogP contribution is -2.05. The van der Waals surface area contributed by atoms with Crippen LogP contribution in [0.2, 0.25) is 5.02 Å². The molecule has 2 N–H and O–H groups in total. The van der Waals surface area contributed by atoms with E-state index in [0.717, 1.165) is 24.0 Å². The lowest BCUT2D eigenvalue weighted by molar-refractivity contribution is 0.390. The number of ether oxygens (including phenoxy) is 1. The first-order valence-electron chi connectivity index (χ1n) is 8.73. The molecule has 2 aromatic carbocycles. The molecule has 1 aliphatic rings. The third kappa shape index (κ3) is 2.85. The third-order valence-corrected chi connectivity index (χ3v) is 5.32. The first kappa shape index (κ1) is 17.0. The van der Waals surface area contributed by atoms with Crippen molar-refractivity contribution >= 4 is 11.6 Å². The van der Waals surface area contributed by atoms with Crippen LogP contribution in [0.3, 0.4) is 0 Å². The minimum absolute atomic E-state index is 0.278. The molecule has 0 spiro atoms. The predicted octanol–water partition coefficient (Wildman–Crippen LogP) is 4.42. The molecule has 0 saturated heterocycles. The van der Waals surface area contributed by atoms with Crippen molar-refractivity contribution in [2.24, 2.45) is 5.73 Å². The van der Waals surface area contributed by atoms with Gasteiger partial charge in [0.15, 0.2) is 0 Å². The fourth-order valence-electron chi connectivity index (χ4n) is 3.64. The summed E-state index contributed by atoms with van der Waals surface area (Å²) in [6.45, 7) is 0.278. The van der Waals surface area contributed by atoms with Crippen LogP contribution in [-0.2, 0) is 19.4 Å². The van der Waals surface area contributed by atoms with E-state index in [-0.39, 0.29) is 6.54 Å². The SMILES string of the molecule is COc1nc(-c2cccc(-c3cccc4c3CCC4)c2Cl)cnc1CN. The van der Waals surface area contributed by atoms with Gasteiger partial charge in [0, 0.05) is 17.7 Å². The Bertz CT molecular complexity index is 971. The van der Waals surface area contributed by atoms with Crippen molar-refractivity contribution in [3.8, 4) is 28.3 Å². The molecule has 1 heterocycles. The number of halogens is 1. The van der Waals surface area contributed by atoms with E-state index in [4.69, 9.17) is 22.1 Å². The van der Waals surface area contributed by atoms with E-state index in [1.807, 2.05) is 12.1 Å². The Morgan fingerprint density at radius 2 is 1.85 bits per heavy atom. The van der Waals surface area contributed by atoms with E-state index in [1.54, 1.807) is 13.3 Å². The summed E-state index contributed by atoms with van der Waals surface area (Å²) in [7, 11) is 1.57. The predicted molar refractivity (Wildman–Crippen MR) is 104 cm³/mol. The Balaban J connectivity index is 1.84. The van der Waals surface area contributed by atoms with Gasteiger partial charge in [-0.15, -0.1) is 0 Å². The van der Waals surface area contributed by atoms with Gasteiger partial charge in [-0.1, -0.05) is 48.0 Å². The lowest BCUT2D eigenvalue weighted by Gasteiger charge is -2.14. The summed E-state index contributed by atoms with van der Waals surface area (Å²) in [6, 6.07) is 12.5. The summed E-state index contributed by atoms with van der Waals surface area (Å²) in [6.07, 6.45) is 5.15. The fourth-order valence-corrected chi connectivity index (χ4v) is 3.96.